The van der Waals surface area contributed by atoms with Gasteiger partial charge in [0, 0.05) is 34.2 Å². The maximum absolute atomic E-state index is 13.4. The summed E-state index contributed by atoms with van der Waals surface area (Å²) in [6.45, 7) is 1.86. The number of nitrogens with one attached hydrogen (secondary N) is 3. The van der Waals surface area contributed by atoms with Gasteiger partial charge in [0.15, 0.2) is 0 Å². The number of hydrogen-bond donors (Lipinski definition) is 3. The average Bonchev–Trinajstić information content (AvgIpc) is 3.09. The highest BCUT2D eigenvalue weighted by molar-refractivity contribution is 6.07. The number of hydrogen-bond acceptors (Lipinski definition) is 12. The van der Waals surface area contributed by atoms with Crippen LogP contribution in [0, 0.1) is 0 Å². The van der Waals surface area contributed by atoms with E-state index in [9.17, 15) is 24.0 Å². The zero-order valence-electron chi connectivity index (χ0n) is 26.2. The van der Waals surface area contributed by atoms with Gasteiger partial charge in [-0.3, -0.25) is 9.59 Å². The maximum atomic E-state index is 13.4. The first-order valence-corrected chi connectivity index (χ1v) is 14.2. The van der Waals surface area contributed by atoms with E-state index in [2.05, 4.69) is 30.2 Å². The van der Waals surface area contributed by atoms with Crippen LogP contribution in [0.2, 0.25) is 0 Å². The Labute approximate surface area is 274 Å². The lowest BCUT2D eigenvalue weighted by atomic mass is 10.0. The van der Waals surface area contributed by atoms with Crippen LogP contribution >= 0.6 is 0 Å². The van der Waals surface area contributed by atoms with Crippen LogP contribution in [0.15, 0.2) is 91.0 Å². The van der Waals surface area contributed by atoms with Gasteiger partial charge in [0.1, 0.15) is 17.2 Å². The molecule has 0 heterocycles. The number of methoxy groups -OCH3 is 3. The average molecular weight is 658 g/mol. The highest BCUT2D eigenvalue weighted by Gasteiger charge is 2.16. The lowest BCUT2D eigenvalue weighted by molar-refractivity contribution is 0.101. The molecule has 0 aromatic heterocycles. The van der Waals surface area contributed by atoms with E-state index in [0.29, 0.717) is 28.4 Å². The largest absolute Gasteiger partial charge is 0.513 e. The van der Waals surface area contributed by atoms with Gasteiger partial charge in [-0.25, -0.2) is 14.4 Å². The molecule has 2 amide bonds. The number of carbonyl (C=O) groups is 5. The number of amides is 2. The van der Waals surface area contributed by atoms with Crippen molar-refractivity contribution in [2.75, 3.05) is 37.3 Å². The Morgan fingerprint density at radius 1 is 0.500 bits per heavy atom. The van der Waals surface area contributed by atoms with E-state index >= 15 is 0 Å². The van der Waals surface area contributed by atoms with Crippen LogP contribution in [0.5, 0.6) is 17.2 Å². The Bertz CT molecular complexity index is 1770. The molecule has 0 aliphatic carbocycles. The van der Waals surface area contributed by atoms with Gasteiger partial charge in [0.2, 0.25) is 0 Å². The summed E-state index contributed by atoms with van der Waals surface area (Å²) in [4.78, 5) is 60.7. The second kappa shape index (κ2) is 16.1. The van der Waals surface area contributed by atoms with E-state index < -0.39 is 30.3 Å². The van der Waals surface area contributed by atoms with Crippen molar-refractivity contribution in [2.24, 2.45) is 0 Å². The molecule has 1 unspecified atom stereocenters. The third-order valence-electron chi connectivity index (χ3n) is 6.55. The van der Waals surface area contributed by atoms with Crippen LogP contribution in [0.3, 0.4) is 0 Å². The first kappa shape index (κ1) is 34.3. The van der Waals surface area contributed by atoms with E-state index in [1.54, 1.807) is 48.5 Å². The summed E-state index contributed by atoms with van der Waals surface area (Å²) in [6.07, 6.45) is -2.62. The Morgan fingerprint density at radius 3 is 1.40 bits per heavy atom. The summed E-state index contributed by atoms with van der Waals surface area (Å²) in [7, 11) is 3.58. The van der Waals surface area contributed by atoms with Crippen LogP contribution in [-0.4, -0.2) is 51.6 Å². The minimum atomic E-state index is -0.895. The molecule has 14 nitrogen and oxygen atoms in total. The minimum absolute atomic E-state index is 0.189. The first-order chi connectivity index (χ1) is 23.1. The molecule has 0 saturated carbocycles. The van der Waals surface area contributed by atoms with Crippen molar-refractivity contribution in [3.05, 3.63) is 108 Å². The molecule has 4 aromatic rings. The fraction of sp³-hybridized carbons (Fsp3) is 0.147. The molecule has 0 radical (unpaired) electrons. The van der Waals surface area contributed by atoms with Gasteiger partial charge in [-0.05, 0) is 103 Å². The molecule has 0 bridgehead atoms. The summed E-state index contributed by atoms with van der Waals surface area (Å²) in [5.41, 5.74) is 2.58. The highest BCUT2D eigenvalue weighted by atomic mass is 16.7. The van der Waals surface area contributed by atoms with Crippen LogP contribution < -0.4 is 30.2 Å². The molecule has 0 aliphatic rings. The van der Waals surface area contributed by atoms with Crippen LogP contribution in [0.1, 0.15) is 39.2 Å². The number of carbonyl (C=O) groups excluding carboxylic acids is 5. The molecule has 0 spiro atoms. The van der Waals surface area contributed by atoms with Crippen molar-refractivity contribution >= 4 is 47.3 Å². The number of rotatable bonds is 10. The SMILES string of the molecule is COC(=O)Oc1ccc(NC(=O)c2cc(NC(=O)c3ccc(OC(=O)OC)cc3)cc(C(C)Nc3ccc(OC(=O)OC)cc3)c2)cc1. The topological polar surface area (TPSA) is 177 Å². The predicted molar refractivity (Wildman–Crippen MR) is 173 cm³/mol. The second-order valence-electron chi connectivity index (χ2n) is 9.86. The summed E-state index contributed by atoms with van der Waals surface area (Å²) >= 11 is 0. The van der Waals surface area contributed by atoms with Gasteiger partial charge in [-0.15, -0.1) is 0 Å². The molecule has 0 fully saturated rings. The summed E-state index contributed by atoms with van der Waals surface area (Å²) in [5, 5.41) is 8.91. The van der Waals surface area contributed by atoms with Gasteiger partial charge in [-0.2, -0.15) is 0 Å². The van der Waals surface area contributed by atoms with Crippen LogP contribution in [0.25, 0.3) is 0 Å². The molecular formula is C34H31N3O11. The summed E-state index contributed by atoms with van der Waals surface area (Å²) < 4.78 is 28.4. The molecule has 14 heteroatoms. The molecule has 0 saturated heterocycles. The van der Waals surface area contributed by atoms with E-state index in [-0.39, 0.29) is 28.7 Å². The Balaban J connectivity index is 1.56. The van der Waals surface area contributed by atoms with E-state index in [0.717, 1.165) is 0 Å². The number of anilines is 3. The summed E-state index contributed by atoms with van der Waals surface area (Å²) in [6, 6.07) is 23.0. The van der Waals surface area contributed by atoms with Crippen molar-refractivity contribution in [1.82, 2.24) is 0 Å². The molecule has 1 atom stereocenters. The zero-order valence-corrected chi connectivity index (χ0v) is 26.2. The maximum Gasteiger partial charge on any atom is 0.513 e. The number of ether oxygens (including phenoxy) is 6. The lowest BCUT2D eigenvalue weighted by Gasteiger charge is -2.19. The first-order valence-electron chi connectivity index (χ1n) is 14.2. The van der Waals surface area contributed by atoms with E-state index in [1.165, 1.54) is 63.8 Å². The monoisotopic (exact) mass is 657 g/mol. The van der Waals surface area contributed by atoms with Gasteiger partial charge in [0.05, 0.1) is 21.3 Å². The predicted octanol–water partition coefficient (Wildman–Crippen LogP) is 6.80. The standard InChI is InChI=1S/C34H31N3O11/c1-20(35-24-7-13-28(14-8-24)47-33(41)44-3)22-17-23(31(39)36-25-9-15-29(16-10-25)48-34(42)45-4)19-26(18-22)37-30(38)21-5-11-27(12-6-21)46-32(40)43-2/h5-20,35H,1-4H3,(H,36,39)(H,37,38). The van der Waals surface area contributed by atoms with Crippen molar-refractivity contribution in [1.29, 1.82) is 0 Å². The minimum Gasteiger partial charge on any atom is -0.437 e. The lowest BCUT2D eigenvalue weighted by Crippen LogP contribution is -2.17. The van der Waals surface area contributed by atoms with Gasteiger partial charge in [0.25, 0.3) is 11.8 Å². The van der Waals surface area contributed by atoms with Crippen molar-refractivity contribution < 1.29 is 52.4 Å². The van der Waals surface area contributed by atoms with Crippen molar-refractivity contribution in [2.45, 2.75) is 13.0 Å². The fourth-order valence-corrected chi connectivity index (χ4v) is 4.16. The highest BCUT2D eigenvalue weighted by Crippen LogP contribution is 2.27. The smallest absolute Gasteiger partial charge is 0.437 e. The van der Waals surface area contributed by atoms with Gasteiger partial charge >= 0.3 is 18.5 Å². The molecule has 0 aliphatic heterocycles. The third kappa shape index (κ3) is 9.71. The molecule has 48 heavy (non-hydrogen) atoms. The van der Waals surface area contributed by atoms with Crippen LogP contribution in [-0.2, 0) is 14.2 Å². The molecule has 3 N–H and O–H groups in total. The third-order valence-corrected chi connectivity index (χ3v) is 6.55. The van der Waals surface area contributed by atoms with Crippen molar-refractivity contribution in [3.8, 4) is 17.2 Å². The quantitative estimate of drug-likeness (QED) is 0.0925. The Hall–Kier alpha value is -6.57. The Morgan fingerprint density at radius 2 is 0.917 bits per heavy atom. The van der Waals surface area contributed by atoms with Crippen LogP contribution in [0.4, 0.5) is 31.4 Å². The zero-order chi connectivity index (χ0) is 34.6. The van der Waals surface area contributed by atoms with Gasteiger partial charge < -0.3 is 44.4 Å². The summed E-state index contributed by atoms with van der Waals surface area (Å²) in [5.74, 6) is -0.255. The molecular weight excluding hydrogens is 626 g/mol. The number of benzene rings is 4. The fourth-order valence-electron chi connectivity index (χ4n) is 4.16. The normalized spacial score (nSPS) is 10.8. The van der Waals surface area contributed by atoms with Crippen molar-refractivity contribution in [3.63, 3.8) is 0 Å². The molecule has 4 rings (SSSR count). The second-order valence-corrected chi connectivity index (χ2v) is 9.86. The van der Waals surface area contributed by atoms with E-state index in [1.807, 2.05) is 6.92 Å². The molecule has 4 aromatic carbocycles. The van der Waals surface area contributed by atoms with E-state index in [4.69, 9.17) is 14.2 Å². The Kier molecular flexibility index (Phi) is 11.5. The molecule has 248 valence electrons. The van der Waals surface area contributed by atoms with Gasteiger partial charge in [-0.1, -0.05) is 0 Å².